The molecule has 0 unspecified atom stereocenters. The van der Waals surface area contributed by atoms with Crippen LogP contribution in [-0.4, -0.2) is 26.1 Å². The molecule has 0 aliphatic carbocycles. The van der Waals surface area contributed by atoms with Crippen molar-refractivity contribution in [2.24, 2.45) is 7.05 Å². The Bertz CT molecular complexity index is 504. The minimum atomic E-state index is 0.513. The van der Waals surface area contributed by atoms with Crippen LogP contribution in [0, 0.1) is 6.92 Å². The van der Waals surface area contributed by atoms with E-state index in [1.807, 2.05) is 24.7 Å². The monoisotopic (exact) mass is 232 g/mol. The number of aromatic nitrogens is 4. The molecule has 6 nitrogen and oxygen atoms in total. The van der Waals surface area contributed by atoms with Crippen LogP contribution in [0.4, 0.5) is 11.6 Å². The van der Waals surface area contributed by atoms with Crippen molar-refractivity contribution in [3.8, 4) is 0 Å². The summed E-state index contributed by atoms with van der Waals surface area (Å²) in [6.45, 7) is 2.67. The summed E-state index contributed by atoms with van der Waals surface area (Å²) in [6.07, 6.45) is 6.03. The third-order valence-corrected chi connectivity index (χ3v) is 2.69. The summed E-state index contributed by atoms with van der Waals surface area (Å²) < 4.78 is 2.00. The van der Waals surface area contributed by atoms with Crippen molar-refractivity contribution < 1.29 is 0 Å². The van der Waals surface area contributed by atoms with E-state index in [1.54, 1.807) is 6.20 Å². The van der Waals surface area contributed by atoms with Gasteiger partial charge in [0.15, 0.2) is 0 Å². The maximum Gasteiger partial charge on any atom is 0.134 e. The van der Waals surface area contributed by atoms with Crippen LogP contribution in [0.3, 0.4) is 0 Å². The van der Waals surface area contributed by atoms with Crippen molar-refractivity contribution in [3.63, 3.8) is 0 Å². The molecule has 0 fully saturated rings. The van der Waals surface area contributed by atoms with E-state index in [0.29, 0.717) is 5.82 Å². The number of hydrogen-bond donors (Lipinski definition) is 2. The molecule has 6 heteroatoms. The molecule has 0 bridgehead atoms. The molecule has 17 heavy (non-hydrogen) atoms. The maximum absolute atomic E-state index is 5.70. The van der Waals surface area contributed by atoms with Gasteiger partial charge in [0, 0.05) is 38.0 Å². The van der Waals surface area contributed by atoms with Crippen LogP contribution in [0.1, 0.15) is 11.4 Å². The topological polar surface area (TPSA) is 81.7 Å². The lowest BCUT2D eigenvalue weighted by Gasteiger charge is -2.09. The number of aryl methyl sites for hydroxylation is 1. The summed E-state index contributed by atoms with van der Waals surface area (Å²) in [4.78, 5) is 12.3. The molecule has 3 N–H and O–H groups in total. The van der Waals surface area contributed by atoms with Crippen LogP contribution in [0.2, 0.25) is 0 Å². The van der Waals surface area contributed by atoms with E-state index in [0.717, 1.165) is 30.2 Å². The van der Waals surface area contributed by atoms with Gasteiger partial charge in [-0.1, -0.05) is 0 Å². The molecule has 0 amide bonds. The lowest BCUT2D eigenvalue weighted by molar-refractivity contribution is 0.788. The van der Waals surface area contributed by atoms with Gasteiger partial charge in [-0.15, -0.1) is 0 Å². The Kier molecular flexibility index (Phi) is 3.22. The average Bonchev–Trinajstić information content (AvgIpc) is 2.71. The smallest absolute Gasteiger partial charge is 0.134 e. The van der Waals surface area contributed by atoms with Crippen LogP contribution in [-0.2, 0) is 13.5 Å². The SMILES string of the molecule is Cc1c(N)ncnc1NCCc1nccn1C. The first-order valence-electron chi connectivity index (χ1n) is 5.45. The van der Waals surface area contributed by atoms with Gasteiger partial charge < -0.3 is 15.6 Å². The van der Waals surface area contributed by atoms with E-state index in [2.05, 4.69) is 20.3 Å². The second kappa shape index (κ2) is 4.82. The van der Waals surface area contributed by atoms with E-state index < -0.39 is 0 Å². The van der Waals surface area contributed by atoms with Crippen molar-refractivity contribution in [1.82, 2.24) is 19.5 Å². The summed E-state index contributed by atoms with van der Waals surface area (Å²) in [6, 6.07) is 0. The number of nitrogens with zero attached hydrogens (tertiary/aromatic N) is 4. The highest BCUT2D eigenvalue weighted by atomic mass is 15.1. The number of hydrogen-bond acceptors (Lipinski definition) is 5. The molecule has 0 saturated carbocycles. The highest BCUT2D eigenvalue weighted by molar-refractivity contribution is 5.53. The molecule has 0 spiro atoms. The highest BCUT2D eigenvalue weighted by Gasteiger charge is 2.04. The minimum Gasteiger partial charge on any atom is -0.383 e. The first kappa shape index (κ1) is 11.4. The van der Waals surface area contributed by atoms with Crippen molar-refractivity contribution in [3.05, 3.63) is 30.1 Å². The number of anilines is 2. The molecule has 0 atom stereocenters. The van der Waals surface area contributed by atoms with Crippen LogP contribution < -0.4 is 11.1 Å². The Balaban J connectivity index is 1.95. The third kappa shape index (κ3) is 2.52. The van der Waals surface area contributed by atoms with Crippen LogP contribution in [0.25, 0.3) is 0 Å². The van der Waals surface area contributed by atoms with Gasteiger partial charge in [0.1, 0.15) is 23.8 Å². The molecule has 90 valence electrons. The van der Waals surface area contributed by atoms with Gasteiger partial charge in [0.2, 0.25) is 0 Å². The van der Waals surface area contributed by atoms with Gasteiger partial charge in [-0.2, -0.15) is 0 Å². The zero-order valence-electron chi connectivity index (χ0n) is 10.0. The second-order valence-electron chi connectivity index (χ2n) is 3.86. The molecular weight excluding hydrogens is 216 g/mol. The lowest BCUT2D eigenvalue weighted by Crippen LogP contribution is -2.11. The van der Waals surface area contributed by atoms with E-state index >= 15 is 0 Å². The first-order chi connectivity index (χ1) is 8.18. The molecule has 0 aliphatic heterocycles. The maximum atomic E-state index is 5.70. The predicted octanol–water partition coefficient (Wildman–Crippen LogP) is 0.755. The number of nitrogen functional groups attached to an aromatic ring is 1. The molecule has 2 heterocycles. The van der Waals surface area contributed by atoms with Gasteiger partial charge >= 0.3 is 0 Å². The van der Waals surface area contributed by atoms with Gasteiger partial charge in [-0.3, -0.25) is 0 Å². The molecule has 0 aliphatic rings. The Morgan fingerprint density at radius 3 is 2.88 bits per heavy atom. The first-order valence-corrected chi connectivity index (χ1v) is 5.45. The van der Waals surface area contributed by atoms with Gasteiger partial charge in [-0.05, 0) is 6.92 Å². The van der Waals surface area contributed by atoms with Crippen molar-refractivity contribution in [2.45, 2.75) is 13.3 Å². The number of rotatable bonds is 4. The summed E-state index contributed by atoms with van der Waals surface area (Å²) in [5.41, 5.74) is 6.59. The quantitative estimate of drug-likeness (QED) is 0.813. The zero-order chi connectivity index (χ0) is 12.3. The summed E-state index contributed by atoms with van der Waals surface area (Å²) in [5.74, 6) is 2.34. The van der Waals surface area contributed by atoms with Gasteiger partial charge in [0.25, 0.3) is 0 Å². The fourth-order valence-electron chi connectivity index (χ4n) is 1.57. The number of nitrogens with two attached hydrogens (primary N) is 1. The lowest BCUT2D eigenvalue weighted by atomic mass is 10.3. The van der Waals surface area contributed by atoms with E-state index in [4.69, 9.17) is 5.73 Å². The summed E-state index contributed by atoms with van der Waals surface area (Å²) in [7, 11) is 1.98. The normalized spacial score (nSPS) is 10.5. The predicted molar refractivity (Wildman–Crippen MR) is 66.6 cm³/mol. The third-order valence-electron chi connectivity index (χ3n) is 2.69. The molecule has 0 saturated heterocycles. The van der Waals surface area contributed by atoms with E-state index in [9.17, 15) is 0 Å². The van der Waals surface area contributed by atoms with Gasteiger partial charge in [-0.25, -0.2) is 15.0 Å². The van der Waals surface area contributed by atoms with Crippen LogP contribution >= 0.6 is 0 Å². The Hall–Kier alpha value is -2.11. The average molecular weight is 232 g/mol. The van der Waals surface area contributed by atoms with E-state index in [-0.39, 0.29) is 0 Å². The van der Waals surface area contributed by atoms with Crippen molar-refractivity contribution in [2.75, 3.05) is 17.6 Å². The molecule has 0 aromatic carbocycles. The van der Waals surface area contributed by atoms with Gasteiger partial charge in [0.05, 0.1) is 0 Å². The van der Waals surface area contributed by atoms with Crippen LogP contribution in [0.15, 0.2) is 18.7 Å². The summed E-state index contributed by atoms with van der Waals surface area (Å²) in [5, 5.41) is 3.23. The highest BCUT2D eigenvalue weighted by Crippen LogP contribution is 2.14. The fourth-order valence-corrected chi connectivity index (χ4v) is 1.57. The Morgan fingerprint density at radius 1 is 1.35 bits per heavy atom. The summed E-state index contributed by atoms with van der Waals surface area (Å²) >= 11 is 0. The zero-order valence-corrected chi connectivity index (χ0v) is 10.0. The standard InChI is InChI=1S/C11H16N6/c1-8-10(12)15-7-16-11(8)14-4-3-9-13-5-6-17(9)2/h5-7H,3-4H2,1-2H3,(H3,12,14,15,16). The van der Waals surface area contributed by atoms with Crippen molar-refractivity contribution in [1.29, 1.82) is 0 Å². The molecule has 2 aromatic rings. The van der Waals surface area contributed by atoms with Crippen LogP contribution in [0.5, 0.6) is 0 Å². The van der Waals surface area contributed by atoms with Crippen molar-refractivity contribution >= 4 is 11.6 Å². The number of nitrogens with one attached hydrogen (secondary N) is 1. The molecule has 0 radical (unpaired) electrons. The molecular formula is C11H16N6. The molecule has 2 aromatic heterocycles. The second-order valence-corrected chi connectivity index (χ2v) is 3.86. The molecule has 2 rings (SSSR count). The largest absolute Gasteiger partial charge is 0.383 e. The minimum absolute atomic E-state index is 0.513. The Labute approximate surface area is 99.9 Å². The number of imidazole rings is 1. The fraction of sp³-hybridized carbons (Fsp3) is 0.364. The van der Waals surface area contributed by atoms with E-state index in [1.165, 1.54) is 6.33 Å². The Morgan fingerprint density at radius 2 is 2.18 bits per heavy atom.